The molecular weight excluding hydrogens is 869 g/mol. The summed E-state index contributed by atoms with van der Waals surface area (Å²) in [6.45, 7) is 4.82. The Bertz CT molecular complexity index is 2640. The van der Waals surface area contributed by atoms with E-state index in [0.717, 1.165) is 89.4 Å². The van der Waals surface area contributed by atoms with Crippen molar-refractivity contribution in [2.24, 2.45) is 34.8 Å². The van der Waals surface area contributed by atoms with Crippen LogP contribution in [0.15, 0.2) is 48.9 Å². The van der Waals surface area contributed by atoms with Crippen LogP contribution < -0.4 is 20.5 Å². The van der Waals surface area contributed by atoms with Crippen LogP contribution in [0.25, 0.3) is 10.9 Å². The molecule has 66 heavy (non-hydrogen) atoms. The molecule has 1 fully saturated rings. The van der Waals surface area contributed by atoms with Gasteiger partial charge in [0, 0.05) is 89.8 Å². The number of benzene rings is 2. The molecule has 7 aliphatic rings. The minimum Gasteiger partial charge on any atom is -0.508 e. The summed E-state index contributed by atoms with van der Waals surface area (Å²) in [4.78, 5) is 18.1. The lowest BCUT2D eigenvalue weighted by atomic mass is 9.73. The number of carbonyl (C=O) groups excluding carboxylic acids is 1. The molecule has 2 aromatic carbocycles. The van der Waals surface area contributed by atoms with Gasteiger partial charge in [-0.2, -0.15) is 0 Å². The quantitative estimate of drug-likeness (QED) is 0.0351. The topological polar surface area (TPSA) is 175 Å². The predicted octanol–water partition coefficient (Wildman–Crippen LogP) is 8.60. The predicted molar refractivity (Wildman–Crippen MR) is 260 cm³/mol. The first kappa shape index (κ1) is 45.5. The monoisotopic (exact) mass is 930 g/mol. The molecule has 10 unspecified atom stereocenters. The lowest BCUT2D eigenvalue weighted by Crippen LogP contribution is -2.41. The number of carbonyl (C=O) groups is 1. The number of ketones is 1. The van der Waals surface area contributed by atoms with Crippen LogP contribution in [0.3, 0.4) is 0 Å². The first-order valence-electron chi connectivity index (χ1n) is 24.1. The maximum absolute atomic E-state index is 14.5. The highest BCUT2D eigenvalue weighted by molar-refractivity contribution is 8.76. The molecule has 11 rings (SSSR count). The zero-order valence-corrected chi connectivity index (χ0v) is 39.5. The number of hydrogen-bond donors (Lipinski definition) is 7. The van der Waals surface area contributed by atoms with Crippen LogP contribution in [0.2, 0.25) is 0 Å². The molecule has 4 aromatic rings. The number of nitrogens with one attached hydrogen (secondary N) is 2. The largest absolute Gasteiger partial charge is 0.508 e. The Labute approximate surface area is 395 Å². The lowest BCUT2D eigenvalue weighted by molar-refractivity contribution is -0.129. The van der Waals surface area contributed by atoms with Gasteiger partial charge in [0.1, 0.15) is 23.7 Å². The number of Topliss-reactive ketones (excluding diaryl/α,β-unsaturated/α-hetero) is 1. The highest BCUT2D eigenvalue weighted by Crippen LogP contribution is 2.53. The fourth-order valence-electron chi connectivity index (χ4n) is 11.8. The van der Waals surface area contributed by atoms with Gasteiger partial charge in [-0.3, -0.25) is 10.1 Å². The minimum absolute atomic E-state index is 0.0135. The molecular formula is C53H62N4O7S2. The number of ether oxygens (including phenoxy) is 2. The van der Waals surface area contributed by atoms with Gasteiger partial charge >= 0.3 is 0 Å². The van der Waals surface area contributed by atoms with Crippen molar-refractivity contribution in [3.05, 3.63) is 87.9 Å². The molecule has 0 amide bonds. The minimum atomic E-state index is -1.08. The summed E-state index contributed by atoms with van der Waals surface area (Å²) >= 11 is 0. The van der Waals surface area contributed by atoms with Crippen LogP contribution in [0.5, 0.6) is 17.2 Å². The third-order valence-electron chi connectivity index (χ3n) is 15.4. The Kier molecular flexibility index (Phi) is 13.1. The number of unbranched alkanes of at least 4 members (excludes halogenated alkanes) is 2. The van der Waals surface area contributed by atoms with Crippen molar-refractivity contribution in [2.75, 3.05) is 12.3 Å². The number of aromatic hydroxyl groups is 1. The summed E-state index contributed by atoms with van der Waals surface area (Å²) in [5.41, 5.74) is 13.5. The van der Waals surface area contributed by atoms with Crippen molar-refractivity contribution in [3.8, 4) is 41.1 Å². The molecule has 1 saturated carbocycles. The van der Waals surface area contributed by atoms with E-state index >= 15 is 0 Å². The third-order valence-corrected chi connectivity index (χ3v) is 17.8. The third kappa shape index (κ3) is 8.48. The van der Waals surface area contributed by atoms with E-state index < -0.39 is 47.7 Å². The normalized spacial score (nSPS) is 28.1. The zero-order chi connectivity index (χ0) is 45.7. The van der Waals surface area contributed by atoms with Gasteiger partial charge in [-0.15, -0.1) is 0 Å². The van der Waals surface area contributed by atoms with Crippen molar-refractivity contribution in [3.63, 3.8) is 0 Å². The molecule has 5 aliphatic heterocycles. The van der Waals surface area contributed by atoms with Gasteiger partial charge in [0.05, 0.1) is 35.2 Å². The molecule has 0 radical (unpaired) electrons. The van der Waals surface area contributed by atoms with E-state index in [9.17, 15) is 25.2 Å². The summed E-state index contributed by atoms with van der Waals surface area (Å²) in [5.74, 6) is 10.9. The maximum Gasteiger partial charge on any atom is 0.191 e. The van der Waals surface area contributed by atoms with Crippen molar-refractivity contribution in [2.45, 2.75) is 133 Å². The molecule has 2 aliphatic carbocycles. The molecule has 11 nitrogen and oxygen atoms in total. The molecule has 10 atom stereocenters. The van der Waals surface area contributed by atoms with Gasteiger partial charge in [0.15, 0.2) is 17.7 Å². The zero-order valence-electron chi connectivity index (χ0n) is 37.9. The average Bonchev–Trinajstić information content (AvgIpc) is 4.05. The van der Waals surface area contributed by atoms with Gasteiger partial charge in [-0.05, 0) is 65.8 Å². The second-order valence-electron chi connectivity index (χ2n) is 19.6. The summed E-state index contributed by atoms with van der Waals surface area (Å²) in [6, 6.07) is 5.63. The number of fused-ring (bicyclic) bond motifs is 4. The number of aliphatic hydroxyl groups excluding tert-OH is 3. The van der Waals surface area contributed by atoms with Gasteiger partial charge in [0.2, 0.25) is 0 Å². The van der Waals surface area contributed by atoms with Crippen molar-refractivity contribution < 1.29 is 34.7 Å². The van der Waals surface area contributed by atoms with Crippen LogP contribution in [-0.4, -0.2) is 60.3 Å². The number of aliphatic hydroxyl groups is 3. The van der Waals surface area contributed by atoms with Crippen molar-refractivity contribution in [1.82, 2.24) is 14.9 Å². The van der Waals surface area contributed by atoms with E-state index in [1.807, 2.05) is 25.1 Å². The average molecular weight is 931 g/mol. The van der Waals surface area contributed by atoms with Crippen LogP contribution in [0, 0.1) is 53.0 Å². The standard InChI is InChI=1S/C53H62N4O7S2/c1-3-4-5-8-35(49(62)36-10-9-30(2)21-45(36)60)44(59)15-13-34-40-29-66-65-28-32-25-56-51(54)37-12-11-33-38(48(32)37)22-31-24-55-42-27-57(26-39(31)42)52-41(14-16-43(33)58)53(17-6-7-18-53)19-20-63-47(23-46(34)61)50(40)64-52/h9-12,23-24,26-27,30,32,35-36,41,43,45,49,51-52,55-56,58,60-62H,3-8,13,15,17-18,21-22,25,28-29,54H2,1-2H3. The number of phenolic OH excluding ortho intramolecular Hbond substituents is 1. The van der Waals surface area contributed by atoms with Crippen molar-refractivity contribution in [1.29, 1.82) is 0 Å². The number of aromatic nitrogens is 2. The molecule has 8 bridgehead atoms. The van der Waals surface area contributed by atoms with Gasteiger partial charge in [-0.1, -0.05) is 110 Å². The van der Waals surface area contributed by atoms with Gasteiger partial charge in [0.25, 0.3) is 0 Å². The Balaban J connectivity index is 1.11. The summed E-state index contributed by atoms with van der Waals surface area (Å²) in [7, 11) is 3.39. The van der Waals surface area contributed by atoms with Crippen LogP contribution >= 0.6 is 21.6 Å². The van der Waals surface area contributed by atoms with Crippen LogP contribution in [-0.2, 0) is 23.4 Å². The van der Waals surface area contributed by atoms with E-state index in [1.165, 1.54) is 0 Å². The number of phenols is 1. The Morgan fingerprint density at radius 1 is 1.09 bits per heavy atom. The van der Waals surface area contributed by atoms with E-state index in [0.29, 0.717) is 48.4 Å². The van der Waals surface area contributed by atoms with Gasteiger partial charge in [-0.25, -0.2) is 0 Å². The first-order chi connectivity index (χ1) is 32.0. The second-order valence-corrected chi connectivity index (χ2v) is 22.1. The number of allylic oxidation sites excluding steroid dienone is 1. The number of H-pyrrole nitrogens is 1. The van der Waals surface area contributed by atoms with E-state index in [4.69, 9.17) is 15.2 Å². The fraction of sp³-hybridized carbons (Fsp3) is 0.528. The Morgan fingerprint density at radius 2 is 1.92 bits per heavy atom. The lowest BCUT2D eigenvalue weighted by Gasteiger charge is -2.36. The summed E-state index contributed by atoms with van der Waals surface area (Å²) in [5, 5.41) is 51.8. The molecule has 7 heterocycles. The smallest absolute Gasteiger partial charge is 0.191 e. The maximum atomic E-state index is 14.5. The summed E-state index contributed by atoms with van der Waals surface area (Å²) < 4.78 is 15.9. The molecule has 13 heteroatoms. The number of rotatable bonds is 10. The van der Waals surface area contributed by atoms with Gasteiger partial charge < -0.3 is 45.2 Å². The van der Waals surface area contributed by atoms with E-state index in [-0.39, 0.29) is 48.1 Å². The summed E-state index contributed by atoms with van der Waals surface area (Å²) in [6.07, 6.45) is 17.4. The molecule has 0 saturated heterocycles. The number of aromatic amines is 1. The fourth-order valence-corrected chi connectivity index (χ4v) is 14.2. The van der Waals surface area contributed by atoms with E-state index in [1.54, 1.807) is 27.7 Å². The van der Waals surface area contributed by atoms with Crippen LogP contribution in [0.4, 0.5) is 0 Å². The van der Waals surface area contributed by atoms with Crippen molar-refractivity contribution >= 4 is 38.3 Å². The number of nitrogens with zero attached hydrogens (tertiary/aromatic N) is 1. The van der Waals surface area contributed by atoms with E-state index in [2.05, 4.69) is 70.3 Å². The molecule has 8 N–H and O–H groups in total. The highest BCUT2D eigenvalue weighted by atomic mass is 33.1. The first-order valence-corrected chi connectivity index (χ1v) is 26.6. The number of hydrogen-bond acceptors (Lipinski definition) is 11. The highest BCUT2D eigenvalue weighted by Gasteiger charge is 2.47. The molecule has 2 aromatic heterocycles. The second kappa shape index (κ2) is 19.0. The van der Waals surface area contributed by atoms with Crippen LogP contribution in [0.1, 0.15) is 141 Å². The Morgan fingerprint density at radius 3 is 2.74 bits per heavy atom. The molecule has 1 spiro atoms. The SMILES string of the molecule is CCCCCC(C(=O)CCc1c(O)cc2c3c1CSSCC1CNC(N)c4ccc5c(c41)Cc1c[nH]c4cn(cc14)C(O3)C(C#CC5O)C1(C#CO2)CCCC1)C(O)C1C=CC(C)CC1O. The number of nitrogens with two attached hydrogens (primary N) is 1. The Hall–Kier alpha value is -4.31. The molecule has 348 valence electrons.